The van der Waals surface area contributed by atoms with Gasteiger partial charge in [-0.3, -0.25) is 14.9 Å². The summed E-state index contributed by atoms with van der Waals surface area (Å²) in [5.74, 6) is 0.676. The molecule has 0 amide bonds. The molecule has 2 aromatic rings. The van der Waals surface area contributed by atoms with Crippen molar-refractivity contribution in [3.63, 3.8) is 0 Å². The largest absolute Gasteiger partial charge is 0.493 e. The van der Waals surface area contributed by atoms with Crippen LogP contribution in [0.2, 0.25) is 0 Å². The van der Waals surface area contributed by atoms with Crippen LogP contribution in [0.5, 0.6) is 11.5 Å². The number of hydrogen-bond donors (Lipinski definition) is 1. The molecule has 1 aromatic heterocycles. The second kappa shape index (κ2) is 4.36. The lowest BCUT2D eigenvalue weighted by atomic mass is 10.1. The molecule has 0 spiro atoms. The summed E-state index contributed by atoms with van der Waals surface area (Å²) in [6, 6.07) is 2.83. The van der Waals surface area contributed by atoms with Crippen LogP contribution < -0.4 is 15.0 Å². The van der Waals surface area contributed by atoms with Crippen LogP contribution in [0.25, 0.3) is 10.8 Å². The first-order valence-electron chi connectivity index (χ1n) is 5.00. The van der Waals surface area contributed by atoms with Crippen molar-refractivity contribution in [1.82, 2.24) is 4.98 Å². The number of aromatic nitrogens is 1. The quantitative estimate of drug-likeness (QED) is 0.657. The van der Waals surface area contributed by atoms with Gasteiger partial charge in [0, 0.05) is 0 Å². The number of nitro groups is 1. The molecule has 7 nitrogen and oxygen atoms in total. The highest BCUT2D eigenvalue weighted by Crippen LogP contribution is 2.34. The molecular formula is C11H10N2O5. The molecular weight excluding hydrogens is 240 g/mol. The molecule has 0 saturated carbocycles. The van der Waals surface area contributed by atoms with Crippen molar-refractivity contribution in [2.45, 2.75) is 0 Å². The lowest BCUT2D eigenvalue weighted by Gasteiger charge is -2.08. The number of aromatic amines is 1. The van der Waals surface area contributed by atoms with Gasteiger partial charge < -0.3 is 14.5 Å². The Morgan fingerprint density at radius 1 is 1.17 bits per heavy atom. The Morgan fingerprint density at radius 2 is 1.72 bits per heavy atom. The molecule has 0 aliphatic carbocycles. The fourth-order valence-electron chi connectivity index (χ4n) is 1.72. The molecule has 1 N–H and O–H groups in total. The molecule has 0 radical (unpaired) electrons. The minimum absolute atomic E-state index is 0.182. The van der Waals surface area contributed by atoms with Gasteiger partial charge in [0.15, 0.2) is 11.5 Å². The smallest absolute Gasteiger partial charge is 0.293 e. The number of H-pyrrole nitrogens is 1. The number of nitrogens with one attached hydrogen (secondary N) is 1. The highest BCUT2D eigenvalue weighted by Gasteiger charge is 2.17. The molecule has 94 valence electrons. The van der Waals surface area contributed by atoms with E-state index in [1.165, 1.54) is 26.4 Å². The van der Waals surface area contributed by atoms with Gasteiger partial charge in [-0.05, 0) is 12.1 Å². The van der Waals surface area contributed by atoms with Crippen molar-refractivity contribution in [3.8, 4) is 11.5 Å². The summed E-state index contributed by atoms with van der Waals surface area (Å²) in [6.45, 7) is 0. The summed E-state index contributed by atoms with van der Waals surface area (Å²) >= 11 is 0. The normalized spacial score (nSPS) is 10.3. The van der Waals surface area contributed by atoms with E-state index in [0.29, 0.717) is 11.5 Å². The van der Waals surface area contributed by atoms with Gasteiger partial charge in [0.1, 0.15) is 0 Å². The zero-order chi connectivity index (χ0) is 13.3. The van der Waals surface area contributed by atoms with Gasteiger partial charge in [0.2, 0.25) is 0 Å². The molecule has 0 unspecified atom stereocenters. The molecule has 0 aliphatic heterocycles. The Hall–Kier alpha value is -2.57. The highest BCUT2D eigenvalue weighted by atomic mass is 16.6. The Balaban J connectivity index is 2.91. The van der Waals surface area contributed by atoms with E-state index < -0.39 is 10.5 Å². The first-order chi connectivity index (χ1) is 8.58. The number of methoxy groups -OCH3 is 2. The monoisotopic (exact) mass is 250 g/mol. The van der Waals surface area contributed by atoms with Crippen molar-refractivity contribution in [3.05, 3.63) is 38.8 Å². The third kappa shape index (κ3) is 1.75. The number of nitrogens with zero attached hydrogens (tertiary/aromatic N) is 1. The van der Waals surface area contributed by atoms with E-state index in [9.17, 15) is 14.9 Å². The van der Waals surface area contributed by atoms with Gasteiger partial charge in [0.05, 0.1) is 36.1 Å². The molecule has 0 saturated heterocycles. The molecule has 18 heavy (non-hydrogen) atoms. The van der Waals surface area contributed by atoms with Crippen LogP contribution in [0.4, 0.5) is 5.69 Å². The molecule has 2 rings (SSSR count). The summed E-state index contributed by atoms with van der Waals surface area (Å²) in [7, 11) is 2.85. The molecule has 1 heterocycles. The van der Waals surface area contributed by atoms with Crippen molar-refractivity contribution in [2.75, 3.05) is 14.2 Å². The van der Waals surface area contributed by atoms with Crippen LogP contribution in [0.3, 0.4) is 0 Å². The van der Waals surface area contributed by atoms with Gasteiger partial charge in [0.25, 0.3) is 11.2 Å². The zero-order valence-corrected chi connectivity index (χ0v) is 9.72. The molecule has 0 atom stereocenters. The van der Waals surface area contributed by atoms with Gasteiger partial charge in [-0.15, -0.1) is 0 Å². The molecule has 0 fully saturated rings. The Morgan fingerprint density at radius 3 is 2.22 bits per heavy atom. The number of ether oxygens (including phenoxy) is 2. The predicted octanol–water partition coefficient (Wildman–Crippen LogP) is 1.45. The van der Waals surface area contributed by atoms with Crippen LogP contribution >= 0.6 is 0 Å². The van der Waals surface area contributed by atoms with E-state index >= 15 is 0 Å². The van der Waals surface area contributed by atoms with Crippen LogP contribution in [-0.4, -0.2) is 24.1 Å². The second-order valence-electron chi connectivity index (χ2n) is 3.51. The third-order valence-corrected chi connectivity index (χ3v) is 2.58. The topological polar surface area (TPSA) is 94.5 Å². The summed E-state index contributed by atoms with van der Waals surface area (Å²) < 4.78 is 10.1. The lowest BCUT2D eigenvalue weighted by molar-refractivity contribution is -0.383. The van der Waals surface area contributed by atoms with Crippen molar-refractivity contribution >= 4 is 16.5 Å². The Bertz CT molecular complexity index is 677. The van der Waals surface area contributed by atoms with E-state index in [2.05, 4.69) is 4.98 Å². The standard InChI is InChI=1S/C11H10N2O5/c1-17-9-3-6-7(4-10(9)18-2)11(14)12-5-8(6)13(15)16/h3-5H,1-2H3,(H,12,14). The fraction of sp³-hybridized carbons (Fsp3) is 0.182. The highest BCUT2D eigenvalue weighted by molar-refractivity contribution is 5.92. The van der Waals surface area contributed by atoms with E-state index in [0.717, 1.165) is 6.20 Å². The number of benzene rings is 1. The second-order valence-corrected chi connectivity index (χ2v) is 3.51. The van der Waals surface area contributed by atoms with Crippen molar-refractivity contribution in [2.24, 2.45) is 0 Å². The summed E-state index contributed by atoms with van der Waals surface area (Å²) in [5, 5.41) is 11.3. The number of fused-ring (bicyclic) bond motifs is 1. The molecule has 0 aliphatic rings. The first-order valence-corrected chi connectivity index (χ1v) is 5.00. The zero-order valence-electron chi connectivity index (χ0n) is 9.72. The van der Waals surface area contributed by atoms with Crippen LogP contribution in [0.15, 0.2) is 23.1 Å². The van der Waals surface area contributed by atoms with Gasteiger partial charge in [-0.2, -0.15) is 0 Å². The molecule has 1 aromatic carbocycles. The molecule has 7 heteroatoms. The number of rotatable bonds is 3. The summed E-state index contributed by atoms with van der Waals surface area (Å²) in [5.41, 5.74) is -0.609. The third-order valence-electron chi connectivity index (χ3n) is 2.58. The van der Waals surface area contributed by atoms with E-state index in [4.69, 9.17) is 9.47 Å². The average Bonchev–Trinajstić information content (AvgIpc) is 2.37. The number of pyridine rings is 1. The van der Waals surface area contributed by atoms with Crippen LogP contribution in [-0.2, 0) is 0 Å². The predicted molar refractivity (Wildman–Crippen MR) is 64.3 cm³/mol. The first kappa shape index (κ1) is 11.9. The Labute approximate surface area is 101 Å². The van der Waals surface area contributed by atoms with E-state index in [1.54, 1.807) is 0 Å². The minimum atomic E-state index is -0.565. The maximum absolute atomic E-state index is 11.6. The summed E-state index contributed by atoms with van der Waals surface area (Å²) in [6.07, 6.45) is 1.07. The lowest BCUT2D eigenvalue weighted by Crippen LogP contribution is -2.07. The van der Waals surface area contributed by atoms with Gasteiger partial charge in [-0.1, -0.05) is 0 Å². The van der Waals surface area contributed by atoms with Gasteiger partial charge in [-0.25, -0.2) is 0 Å². The van der Waals surface area contributed by atoms with E-state index in [-0.39, 0.29) is 16.5 Å². The Kier molecular flexibility index (Phi) is 2.88. The van der Waals surface area contributed by atoms with Crippen molar-refractivity contribution < 1.29 is 14.4 Å². The summed E-state index contributed by atoms with van der Waals surface area (Å²) in [4.78, 5) is 24.3. The number of hydrogen-bond acceptors (Lipinski definition) is 5. The maximum Gasteiger partial charge on any atom is 0.293 e. The average molecular weight is 250 g/mol. The minimum Gasteiger partial charge on any atom is -0.493 e. The molecule has 0 bridgehead atoms. The maximum atomic E-state index is 11.6. The van der Waals surface area contributed by atoms with Gasteiger partial charge >= 0.3 is 0 Å². The fourth-order valence-corrected chi connectivity index (χ4v) is 1.72. The van der Waals surface area contributed by atoms with E-state index in [1.807, 2.05) is 0 Å². The van der Waals surface area contributed by atoms with Crippen LogP contribution in [0, 0.1) is 10.1 Å². The van der Waals surface area contributed by atoms with Crippen LogP contribution in [0.1, 0.15) is 0 Å². The SMILES string of the molecule is COc1cc2c([N+](=O)[O-])c[nH]c(=O)c2cc1OC. The van der Waals surface area contributed by atoms with Crippen molar-refractivity contribution in [1.29, 1.82) is 0 Å².